The van der Waals surface area contributed by atoms with Crippen molar-refractivity contribution in [1.82, 2.24) is 0 Å². The zero-order chi connectivity index (χ0) is 9.84. The fourth-order valence-corrected chi connectivity index (χ4v) is 1.22. The molecule has 0 amide bonds. The van der Waals surface area contributed by atoms with Gasteiger partial charge in [0.2, 0.25) is 0 Å². The van der Waals surface area contributed by atoms with Crippen molar-refractivity contribution >= 4 is 11.9 Å². The van der Waals surface area contributed by atoms with Gasteiger partial charge in [0.1, 0.15) is 0 Å². The van der Waals surface area contributed by atoms with Crippen LogP contribution in [0.4, 0.5) is 0 Å². The molecule has 13 heavy (non-hydrogen) atoms. The van der Waals surface area contributed by atoms with Crippen molar-refractivity contribution in [1.29, 1.82) is 0 Å². The minimum Gasteiger partial charge on any atom is -0.448 e. The predicted octanol–water partition coefficient (Wildman–Crippen LogP) is 1.03. The van der Waals surface area contributed by atoms with Crippen molar-refractivity contribution in [2.45, 2.75) is 45.3 Å². The van der Waals surface area contributed by atoms with Crippen LogP contribution in [0.2, 0.25) is 0 Å². The molecule has 0 aromatic heterocycles. The molecule has 1 aliphatic rings. The molecule has 0 saturated carbocycles. The molecule has 0 spiro atoms. The van der Waals surface area contributed by atoms with Crippen LogP contribution >= 0.6 is 0 Å². The van der Waals surface area contributed by atoms with Gasteiger partial charge in [0.15, 0.2) is 12.2 Å². The van der Waals surface area contributed by atoms with Crippen LogP contribution in [0.5, 0.6) is 0 Å². The number of carbonyl (C=O) groups excluding carboxylic acids is 2. The van der Waals surface area contributed by atoms with Crippen molar-refractivity contribution in [2.24, 2.45) is 0 Å². The summed E-state index contributed by atoms with van der Waals surface area (Å²) in [6.07, 6.45) is 0.440. The van der Waals surface area contributed by atoms with E-state index >= 15 is 0 Å². The van der Waals surface area contributed by atoms with Gasteiger partial charge in [-0.05, 0) is 12.8 Å². The van der Waals surface area contributed by atoms with Gasteiger partial charge in [-0.3, -0.25) is 0 Å². The number of esters is 2. The second-order valence-electron chi connectivity index (χ2n) is 3.05. The Morgan fingerprint density at radius 2 is 1.62 bits per heavy atom. The summed E-state index contributed by atoms with van der Waals surface area (Å²) in [7, 11) is 0. The van der Waals surface area contributed by atoms with Crippen LogP contribution in [0.1, 0.15) is 33.1 Å². The molecule has 0 aliphatic carbocycles. The standard InChI is InChI=1S/C9H14O4/c1-3-5-7-9(11)12-6(4-2)8(10)13-7/h6-7H,3-5H2,1-2H3. The summed E-state index contributed by atoms with van der Waals surface area (Å²) in [5.41, 5.74) is 0. The molecule has 2 unspecified atom stereocenters. The molecule has 1 rings (SSSR count). The maximum atomic E-state index is 11.2. The zero-order valence-electron chi connectivity index (χ0n) is 7.91. The fraction of sp³-hybridized carbons (Fsp3) is 0.778. The van der Waals surface area contributed by atoms with Gasteiger partial charge in [-0.25, -0.2) is 9.59 Å². The Labute approximate surface area is 77.2 Å². The molecule has 4 nitrogen and oxygen atoms in total. The van der Waals surface area contributed by atoms with E-state index in [0.29, 0.717) is 12.8 Å². The van der Waals surface area contributed by atoms with E-state index in [1.54, 1.807) is 6.92 Å². The molecule has 0 bridgehead atoms. The summed E-state index contributed by atoms with van der Waals surface area (Å²) in [5.74, 6) is -0.825. The number of cyclic esters (lactones) is 2. The Kier molecular flexibility index (Phi) is 3.28. The monoisotopic (exact) mass is 186 g/mol. The quantitative estimate of drug-likeness (QED) is 0.618. The van der Waals surface area contributed by atoms with Crippen LogP contribution in [0.25, 0.3) is 0 Å². The van der Waals surface area contributed by atoms with E-state index in [9.17, 15) is 9.59 Å². The molecule has 0 aromatic rings. The summed E-state index contributed by atoms with van der Waals surface area (Å²) in [6.45, 7) is 3.70. The molecule has 74 valence electrons. The van der Waals surface area contributed by atoms with Gasteiger partial charge in [0, 0.05) is 0 Å². The highest BCUT2D eigenvalue weighted by atomic mass is 16.6. The Morgan fingerprint density at radius 3 is 2.15 bits per heavy atom. The topological polar surface area (TPSA) is 52.6 Å². The van der Waals surface area contributed by atoms with Crippen LogP contribution in [0.15, 0.2) is 0 Å². The third-order valence-corrected chi connectivity index (χ3v) is 1.96. The Bertz CT molecular complexity index is 212. The molecule has 1 aliphatic heterocycles. The van der Waals surface area contributed by atoms with Crippen molar-refractivity contribution < 1.29 is 19.1 Å². The number of ether oxygens (including phenoxy) is 2. The first-order chi connectivity index (χ1) is 6.19. The predicted molar refractivity (Wildman–Crippen MR) is 45.0 cm³/mol. The van der Waals surface area contributed by atoms with Crippen LogP contribution < -0.4 is 0 Å². The van der Waals surface area contributed by atoms with Gasteiger partial charge in [0.05, 0.1) is 0 Å². The first-order valence-corrected chi connectivity index (χ1v) is 4.60. The largest absolute Gasteiger partial charge is 0.448 e. The van der Waals surface area contributed by atoms with Gasteiger partial charge in [-0.15, -0.1) is 0 Å². The maximum absolute atomic E-state index is 11.2. The summed E-state index contributed by atoms with van der Waals surface area (Å²) in [4.78, 5) is 22.4. The molecule has 2 atom stereocenters. The van der Waals surface area contributed by atoms with Crippen molar-refractivity contribution in [2.75, 3.05) is 0 Å². The van der Waals surface area contributed by atoms with Gasteiger partial charge in [0.25, 0.3) is 0 Å². The van der Waals surface area contributed by atoms with E-state index in [1.807, 2.05) is 6.92 Å². The average molecular weight is 186 g/mol. The molecule has 1 fully saturated rings. The lowest BCUT2D eigenvalue weighted by Crippen LogP contribution is -2.43. The number of rotatable bonds is 3. The van der Waals surface area contributed by atoms with E-state index < -0.39 is 24.1 Å². The normalized spacial score (nSPS) is 28.2. The number of hydrogen-bond acceptors (Lipinski definition) is 4. The summed E-state index contributed by atoms with van der Waals surface area (Å²) in [5, 5.41) is 0. The third-order valence-electron chi connectivity index (χ3n) is 1.96. The van der Waals surface area contributed by atoms with E-state index in [4.69, 9.17) is 9.47 Å². The van der Waals surface area contributed by atoms with Crippen LogP contribution in [-0.4, -0.2) is 24.1 Å². The summed E-state index contributed by atoms with van der Waals surface area (Å²) < 4.78 is 9.83. The minimum absolute atomic E-state index is 0.409. The van der Waals surface area contributed by atoms with Crippen LogP contribution in [-0.2, 0) is 19.1 Å². The SMILES string of the molecule is CCCC1OC(=O)C(CC)OC1=O. The molecule has 4 heteroatoms. The van der Waals surface area contributed by atoms with E-state index in [0.717, 1.165) is 6.42 Å². The van der Waals surface area contributed by atoms with Crippen molar-refractivity contribution in [3.63, 3.8) is 0 Å². The van der Waals surface area contributed by atoms with Gasteiger partial charge >= 0.3 is 11.9 Å². The summed E-state index contributed by atoms with van der Waals surface area (Å²) >= 11 is 0. The molecule has 0 radical (unpaired) electrons. The Balaban J connectivity index is 2.56. The van der Waals surface area contributed by atoms with Gasteiger partial charge < -0.3 is 9.47 Å². The van der Waals surface area contributed by atoms with Crippen LogP contribution in [0.3, 0.4) is 0 Å². The highest BCUT2D eigenvalue weighted by Gasteiger charge is 2.36. The van der Waals surface area contributed by atoms with Crippen LogP contribution in [0, 0.1) is 0 Å². The van der Waals surface area contributed by atoms with Crippen molar-refractivity contribution in [3.8, 4) is 0 Å². The molecular formula is C9H14O4. The molecule has 1 saturated heterocycles. The minimum atomic E-state index is -0.694. The second-order valence-corrected chi connectivity index (χ2v) is 3.05. The number of carbonyl (C=O) groups is 2. The summed E-state index contributed by atoms with van der Waals surface area (Å²) in [6, 6.07) is 0. The lowest BCUT2D eigenvalue weighted by Gasteiger charge is -2.26. The molecule has 0 aromatic carbocycles. The smallest absolute Gasteiger partial charge is 0.348 e. The molecule has 1 heterocycles. The maximum Gasteiger partial charge on any atom is 0.348 e. The zero-order valence-corrected chi connectivity index (χ0v) is 7.91. The highest BCUT2D eigenvalue weighted by molar-refractivity contribution is 5.87. The van der Waals surface area contributed by atoms with E-state index in [-0.39, 0.29) is 0 Å². The first-order valence-electron chi connectivity index (χ1n) is 4.60. The second kappa shape index (κ2) is 4.25. The molecule has 0 N–H and O–H groups in total. The number of hydrogen-bond donors (Lipinski definition) is 0. The van der Waals surface area contributed by atoms with Crippen molar-refractivity contribution in [3.05, 3.63) is 0 Å². The first kappa shape index (κ1) is 10.0. The Morgan fingerprint density at radius 1 is 1.08 bits per heavy atom. The Hall–Kier alpha value is -1.06. The average Bonchev–Trinajstić information content (AvgIpc) is 2.11. The van der Waals surface area contributed by atoms with E-state index in [1.165, 1.54) is 0 Å². The fourth-order valence-electron chi connectivity index (χ4n) is 1.22. The highest BCUT2D eigenvalue weighted by Crippen LogP contribution is 2.16. The van der Waals surface area contributed by atoms with Gasteiger partial charge in [-0.1, -0.05) is 20.3 Å². The lowest BCUT2D eigenvalue weighted by molar-refractivity contribution is -0.195. The lowest BCUT2D eigenvalue weighted by atomic mass is 10.1. The third kappa shape index (κ3) is 2.20. The van der Waals surface area contributed by atoms with Gasteiger partial charge in [-0.2, -0.15) is 0 Å². The van der Waals surface area contributed by atoms with E-state index in [2.05, 4.69) is 0 Å². The molecular weight excluding hydrogens is 172 g/mol.